The van der Waals surface area contributed by atoms with Crippen molar-refractivity contribution in [3.63, 3.8) is 0 Å². The molecule has 1 N–H and O–H groups in total. The highest BCUT2D eigenvalue weighted by molar-refractivity contribution is 7.98. The van der Waals surface area contributed by atoms with Gasteiger partial charge in [-0.3, -0.25) is 0 Å². The van der Waals surface area contributed by atoms with E-state index in [-0.39, 0.29) is 6.10 Å². The minimum absolute atomic E-state index is 0.227. The third kappa shape index (κ3) is 3.73. The quantitative estimate of drug-likeness (QED) is 0.856. The number of aryl methyl sites for hydroxylation is 1. The van der Waals surface area contributed by atoms with Crippen molar-refractivity contribution in [1.29, 1.82) is 0 Å². The van der Waals surface area contributed by atoms with Gasteiger partial charge in [-0.15, -0.1) is 11.3 Å². The van der Waals surface area contributed by atoms with Crippen molar-refractivity contribution in [2.24, 2.45) is 5.92 Å². The Labute approximate surface area is 113 Å². The predicted molar refractivity (Wildman–Crippen MR) is 77.8 cm³/mol. The molecule has 1 aliphatic heterocycles. The molecule has 1 atom stereocenters. The normalized spacial score (nSPS) is 17.2. The Morgan fingerprint density at radius 2 is 2.18 bits per heavy atom. The van der Waals surface area contributed by atoms with Crippen molar-refractivity contribution >= 4 is 23.1 Å². The molecule has 17 heavy (non-hydrogen) atoms. The van der Waals surface area contributed by atoms with Crippen LogP contribution < -0.4 is 0 Å². The van der Waals surface area contributed by atoms with E-state index in [4.69, 9.17) is 0 Å². The molecule has 1 aromatic heterocycles. The number of aliphatic hydroxyl groups is 1. The van der Waals surface area contributed by atoms with E-state index in [0.717, 1.165) is 24.5 Å². The first-order valence-electron chi connectivity index (χ1n) is 6.54. The molecule has 0 aromatic carbocycles. The zero-order valence-corrected chi connectivity index (χ0v) is 12.4. The number of thioether (sulfide) groups is 1. The summed E-state index contributed by atoms with van der Waals surface area (Å²) in [5, 5.41) is 10.2. The number of hydrogen-bond donors (Lipinski definition) is 1. The Kier molecular flexibility index (Phi) is 4.95. The highest BCUT2D eigenvalue weighted by Crippen LogP contribution is 2.35. The highest BCUT2D eigenvalue weighted by atomic mass is 32.2. The topological polar surface area (TPSA) is 20.2 Å². The van der Waals surface area contributed by atoms with Crippen molar-refractivity contribution in [2.75, 3.05) is 5.75 Å². The van der Waals surface area contributed by atoms with Gasteiger partial charge in [0.1, 0.15) is 0 Å². The second kappa shape index (κ2) is 6.26. The van der Waals surface area contributed by atoms with E-state index in [9.17, 15) is 5.11 Å². The van der Waals surface area contributed by atoms with Gasteiger partial charge in [0.25, 0.3) is 0 Å². The van der Waals surface area contributed by atoms with E-state index in [1.54, 1.807) is 0 Å². The largest absolute Gasteiger partial charge is 0.388 e. The van der Waals surface area contributed by atoms with Crippen LogP contribution in [0.5, 0.6) is 0 Å². The van der Waals surface area contributed by atoms with Crippen LogP contribution in [0.25, 0.3) is 0 Å². The maximum Gasteiger partial charge on any atom is 0.0882 e. The monoisotopic (exact) mass is 270 g/mol. The first kappa shape index (κ1) is 13.4. The summed E-state index contributed by atoms with van der Waals surface area (Å²) in [6, 6.07) is 2.24. The molecule has 2 rings (SSSR count). The lowest BCUT2D eigenvalue weighted by molar-refractivity contribution is 0.165. The Morgan fingerprint density at radius 3 is 2.88 bits per heavy atom. The Morgan fingerprint density at radius 1 is 1.35 bits per heavy atom. The van der Waals surface area contributed by atoms with Crippen molar-refractivity contribution in [3.05, 3.63) is 21.4 Å². The number of fused-ring (bicyclic) bond motifs is 1. The fraction of sp³-hybridized carbons (Fsp3) is 0.714. The summed E-state index contributed by atoms with van der Waals surface area (Å²) < 4.78 is 0. The molecule has 0 bridgehead atoms. The van der Waals surface area contributed by atoms with Gasteiger partial charge < -0.3 is 5.11 Å². The second-order valence-electron chi connectivity index (χ2n) is 5.24. The van der Waals surface area contributed by atoms with Crippen LogP contribution in [-0.4, -0.2) is 10.9 Å². The van der Waals surface area contributed by atoms with Gasteiger partial charge in [-0.2, -0.15) is 11.8 Å². The number of hydrogen-bond acceptors (Lipinski definition) is 3. The molecule has 0 radical (unpaired) electrons. The van der Waals surface area contributed by atoms with Crippen LogP contribution in [0.1, 0.15) is 54.5 Å². The lowest BCUT2D eigenvalue weighted by Crippen LogP contribution is -1.96. The maximum atomic E-state index is 10.2. The molecule has 0 saturated heterocycles. The van der Waals surface area contributed by atoms with Crippen molar-refractivity contribution in [1.82, 2.24) is 0 Å². The molecule has 1 aliphatic rings. The average molecular weight is 270 g/mol. The molecule has 0 fully saturated rings. The summed E-state index contributed by atoms with van der Waals surface area (Å²) in [5.74, 6) is 3.14. The third-order valence-corrected chi connectivity index (χ3v) is 5.58. The van der Waals surface area contributed by atoms with Crippen molar-refractivity contribution in [2.45, 2.75) is 51.4 Å². The van der Waals surface area contributed by atoms with Crippen LogP contribution in [0.4, 0.5) is 0 Å². The summed E-state index contributed by atoms with van der Waals surface area (Å²) in [5.41, 5.74) is 1.48. The molecule has 0 aliphatic carbocycles. The van der Waals surface area contributed by atoms with E-state index in [0.29, 0.717) is 0 Å². The molecular formula is C14H22OS2. The van der Waals surface area contributed by atoms with Gasteiger partial charge in [0.15, 0.2) is 0 Å². The van der Waals surface area contributed by atoms with Crippen LogP contribution in [-0.2, 0) is 12.2 Å². The van der Waals surface area contributed by atoms with Crippen molar-refractivity contribution in [3.8, 4) is 0 Å². The lowest BCUT2D eigenvalue weighted by atomic mass is 10.0. The van der Waals surface area contributed by atoms with E-state index in [2.05, 4.69) is 19.9 Å². The summed E-state index contributed by atoms with van der Waals surface area (Å²) in [6.45, 7) is 4.49. The fourth-order valence-corrected chi connectivity index (χ4v) is 4.59. The maximum absolute atomic E-state index is 10.2. The molecule has 1 aromatic rings. The molecule has 1 nitrogen and oxygen atoms in total. The SMILES string of the molecule is CC(C)CCCC(O)c1cc2c(s1)CCSC2. The Hall–Kier alpha value is 0.01000. The summed E-state index contributed by atoms with van der Waals surface area (Å²) >= 11 is 3.85. The number of aliphatic hydroxyl groups excluding tert-OH is 1. The molecular weight excluding hydrogens is 248 g/mol. The fourth-order valence-electron chi connectivity index (χ4n) is 2.20. The molecule has 2 heterocycles. The molecule has 1 unspecified atom stereocenters. The Bertz CT molecular complexity index is 334. The average Bonchev–Trinajstić information content (AvgIpc) is 2.71. The minimum atomic E-state index is -0.227. The van der Waals surface area contributed by atoms with Gasteiger partial charge in [0, 0.05) is 15.5 Å². The standard InChI is InChI=1S/C14H22OS2/c1-10(2)4-3-5-12(15)14-8-11-9-16-7-6-13(11)17-14/h8,10,12,15H,3-7,9H2,1-2H3. The Balaban J connectivity index is 1.90. The lowest BCUT2D eigenvalue weighted by Gasteiger charge is -2.09. The van der Waals surface area contributed by atoms with E-state index >= 15 is 0 Å². The zero-order valence-electron chi connectivity index (χ0n) is 10.7. The summed E-state index contributed by atoms with van der Waals surface area (Å²) in [7, 11) is 0. The first-order chi connectivity index (χ1) is 8.16. The number of thiophene rings is 1. The summed E-state index contributed by atoms with van der Waals surface area (Å²) in [6.07, 6.45) is 4.25. The molecule has 0 spiro atoms. The molecule has 0 saturated carbocycles. The molecule has 3 heteroatoms. The van der Waals surface area contributed by atoms with Crippen LogP contribution in [0.3, 0.4) is 0 Å². The molecule has 0 amide bonds. The van der Waals surface area contributed by atoms with E-state index < -0.39 is 0 Å². The smallest absolute Gasteiger partial charge is 0.0882 e. The van der Waals surface area contributed by atoms with Gasteiger partial charge in [-0.05, 0) is 36.1 Å². The van der Waals surface area contributed by atoms with Crippen LogP contribution in [0.15, 0.2) is 6.07 Å². The second-order valence-corrected chi connectivity index (χ2v) is 7.51. The van der Waals surface area contributed by atoms with Gasteiger partial charge in [0.05, 0.1) is 6.10 Å². The number of rotatable bonds is 5. The van der Waals surface area contributed by atoms with E-state index in [1.807, 2.05) is 23.1 Å². The van der Waals surface area contributed by atoms with E-state index in [1.165, 1.54) is 33.9 Å². The van der Waals surface area contributed by atoms with Crippen LogP contribution in [0, 0.1) is 5.92 Å². The zero-order chi connectivity index (χ0) is 12.3. The minimum Gasteiger partial charge on any atom is -0.388 e. The summed E-state index contributed by atoms with van der Waals surface area (Å²) in [4.78, 5) is 2.71. The van der Waals surface area contributed by atoms with Crippen molar-refractivity contribution < 1.29 is 5.11 Å². The molecule has 96 valence electrons. The van der Waals surface area contributed by atoms with Gasteiger partial charge in [-0.25, -0.2) is 0 Å². The van der Waals surface area contributed by atoms with Gasteiger partial charge >= 0.3 is 0 Å². The van der Waals surface area contributed by atoms with Crippen LogP contribution in [0.2, 0.25) is 0 Å². The predicted octanol–water partition coefficient (Wildman–Crippen LogP) is 4.40. The van der Waals surface area contributed by atoms with Gasteiger partial charge in [0.2, 0.25) is 0 Å². The van der Waals surface area contributed by atoms with Gasteiger partial charge in [-0.1, -0.05) is 26.7 Å². The third-order valence-electron chi connectivity index (χ3n) is 3.23. The highest BCUT2D eigenvalue weighted by Gasteiger charge is 2.17. The van der Waals surface area contributed by atoms with Crippen LogP contribution >= 0.6 is 23.1 Å². The first-order valence-corrected chi connectivity index (χ1v) is 8.51.